The van der Waals surface area contributed by atoms with Crippen molar-refractivity contribution >= 4 is 17.4 Å². The number of halogens is 1. The van der Waals surface area contributed by atoms with Gasteiger partial charge in [-0.15, -0.1) is 11.3 Å². The summed E-state index contributed by atoms with van der Waals surface area (Å²) in [4.78, 5) is 16.5. The molecule has 1 unspecified atom stereocenters. The molecule has 2 atom stereocenters. The number of ether oxygens (including phenoxy) is 1. The summed E-state index contributed by atoms with van der Waals surface area (Å²) >= 11 is 1.52. The maximum absolute atomic E-state index is 13.2. The van der Waals surface area contributed by atoms with Gasteiger partial charge in [-0.05, 0) is 43.0 Å². The summed E-state index contributed by atoms with van der Waals surface area (Å²) in [5.74, 6) is -0.233. The fourth-order valence-corrected chi connectivity index (χ4v) is 3.66. The molecular weight excluding hydrogens is 329 g/mol. The Morgan fingerprint density at radius 1 is 1.54 bits per heavy atom. The number of aromatic nitrogens is 1. The molecule has 1 aromatic heterocycles. The average molecular weight is 349 g/mol. The molecule has 0 aliphatic heterocycles. The molecule has 0 saturated carbocycles. The van der Waals surface area contributed by atoms with Crippen molar-refractivity contribution in [2.75, 3.05) is 7.11 Å². The van der Waals surface area contributed by atoms with E-state index in [-0.39, 0.29) is 24.0 Å². The fraction of sp³-hybridized carbons (Fsp3) is 0.412. The largest absolute Gasteiger partial charge is 0.375 e. The molecule has 5 nitrogen and oxygen atoms in total. The van der Waals surface area contributed by atoms with Gasteiger partial charge in [0.25, 0.3) is 0 Å². The van der Waals surface area contributed by atoms with Gasteiger partial charge in [0.1, 0.15) is 16.9 Å². The third-order valence-electron chi connectivity index (χ3n) is 4.19. The predicted octanol–water partition coefficient (Wildman–Crippen LogP) is 3.48. The highest BCUT2D eigenvalue weighted by Crippen LogP contribution is 2.31. The van der Waals surface area contributed by atoms with Crippen LogP contribution in [0.4, 0.5) is 9.18 Å². The number of amides is 2. The number of nitrogens with one attached hydrogen (secondary N) is 2. The van der Waals surface area contributed by atoms with Crippen LogP contribution in [-0.4, -0.2) is 18.1 Å². The van der Waals surface area contributed by atoms with Gasteiger partial charge in [-0.25, -0.2) is 14.2 Å². The van der Waals surface area contributed by atoms with E-state index in [9.17, 15) is 9.18 Å². The van der Waals surface area contributed by atoms with Crippen molar-refractivity contribution in [1.82, 2.24) is 15.6 Å². The van der Waals surface area contributed by atoms with Crippen LogP contribution in [0.2, 0.25) is 0 Å². The van der Waals surface area contributed by atoms with Crippen LogP contribution >= 0.6 is 11.3 Å². The molecule has 7 heteroatoms. The number of urea groups is 1. The first-order valence-corrected chi connectivity index (χ1v) is 8.74. The van der Waals surface area contributed by atoms with Crippen molar-refractivity contribution in [3.63, 3.8) is 0 Å². The molecule has 0 fully saturated rings. The molecule has 0 radical (unpaired) electrons. The highest BCUT2D eigenvalue weighted by Gasteiger charge is 2.24. The lowest BCUT2D eigenvalue weighted by Crippen LogP contribution is -2.37. The SMILES string of the molecule is COC(C)c1nc(CNC(=O)N[C@@H]2CCc3cc(F)ccc32)cs1. The zero-order valence-electron chi connectivity index (χ0n) is 13.6. The van der Waals surface area contributed by atoms with E-state index in [0.717, 1.165) is 34.7 Å². The third-order valence-corrected chi connectivity index (χ3v) is 5.24. The number of carbonyl (C=O) groups is 1. The Kier molecular flexibility index (Phi) is 5.11. The van der Waals surface area contributed by atoms with Crippen LogP contribution in [0.25, 0.3) is 0 Å². The van der Waals surface area contributed by atoms with Crippen molar-refractivity contribution in [1.29, 1.82) is 0 Å². The molecule has 128 valence electrons. The number of hydrogen-bond donors (Lipinski definition) is 2. The summed E-state index contributed by atoms with van der Waals surface area (Å²) in [6.45, 7) is 2.30. The van der Waals surface area contributed by atoms with Crippen molar-refractivity contribution in [3.05, 3.63) is 51.2 Å². The van der Waals surface area contributed by atoms with Gasteiger partial charge in [-0.3, -0.25) is 0 Å². The predicted molar refractivity (Wildman–Crippen MR) is 90.4 cm³/mol. The van der Waals surface area contributed by atoms with Gasteiger partial charge < -0.3 is 15.4 Å². The Labute approximate surface area is 144 Å². The van der Waals surface area contributed by atoms with Crippen LogP contribution in [0.15, 0.2) is 23.6 Å². The highest BCUT2D eigenvalue weighted by atomic mass is 32.1. The minimum atomic E-state index is -0.244. The van der Waals surface area contributed by atoms with Crippen molar-refractivity contribution in [2.45, 2.75) is 38.5 Å². The number of carbonyl (C=O) groups excluding carboxylic acids is 1. The number of methoxy groups -OCH3 is 1. The lowest BCUT2D eigenvalue weighted by atomic mass is 10.1. The lowest BCUT2D eigenvalue weighted by Gasteiger charge is -2.14. The van der Waals surface area contributed by atoms with E-state index in [1.165, 1.54) is 17.4 Å². The summed E-state index contributed by atoms with van der Waals surface area (Å²) in [6, 6.07) is 4.42. The highest BCUT2D eigenvalue weighted by molar-refractivity contribution is 7.09. The number of rotatable bonds is 5. The zero-order valence-corrected chi connectivity index (χ0v) is 14.5. The molecule has 2 amide bonds. The molecule has 0 spiro atoms. The first kappa shape index (κ1) is 16.9. The maximum Gasteiger partial charge on any atom is 0.315 e. The van der Waals surface area contributed by atoms with Gasteiger partial charge in [0.2, 0.25) is 0 Å². The summed E-state index contributed by atoms with van der Waals surface area (Å²) in [6.07, 6.45) is 1.52. The molecule has 3 rings (SSSR count). The van der Waals surface area contributed by atoms with Crippen LogP contribution < -0.4 is 10.6 Å². The van der Waals surface area contributed by atoms with E-state index >= 15 is 0 Å². The second-order valence-electron chi connectivity index (χ2n) is 5.82. The lowest BCUT2D eigenvalue weighted by molar-refractivity contribution is 0.119. The number of fused-ring (bicyclic) bond motifs is 1. The maximum atomic E-state index is 13.2. The van der Waals surface area contributed by atoms with Crippen molar-refractivity contribution < 1.29 is 13.9 Å². The zero-order chi connectivity index (χ0) is 17.1. The fourth-order valence-electron chi connectivity index (χ4n) is 2.81. The Balaban J connectivity index is 1.53. The molecule has 24 heavy (non-hydrogen) atoms. The van der Waals surface area contributed by atoms with Crippen LogP contribution in [0.1, 0.15) is 47.3 Å². The van der Waals surface area contributed by atoms with Crippen molar-refractivity contribution in [3.8, 4) is 0 Å². The topological polar surface area (TPSA) is 63.2 Å². The van der Waals surface area contributed by atoms with E-state index in [0.29, 0.717) is 6.54 Å². The van der Waals surface area contributed by atoms with E-state index in [2.05, 4.69) is 15.6 Å². The minimum absolute atomic E-state index is 0.0482. The molecule has 1 heterocycles. The number of nitrogens with zero attached hydrogens (tertiary/aromatic N) is 1. The Morgan fingerprint density at radius 2 is 2.38 bits per heavy atom. The van der Waals surface area contributed by atoms with Crippen LogP contribution in [0.3, 0.4) is 0 Å². The minimum Gasteiger partial charge on any atom is -0.375 e. The summed E-state index contributed by atoms with van der Waals surface area (Å²) in [5, 5.41) is 8.57. The Hall–Kier alpha value is -1.99. The van der Waals surface area contributed by atoms with E-state index < -0.39 is 0 Å². The van der Waals surface area contributed by atoms with Gasteiger partial charge in [-0.1, -0.05) is 6.07 Å². The number of aryl methyl sites for hydroxylation is 1. The normalized spacial score (nSPS) is 17.4. The second kappa shape index (κ2) is 7.27. The standard InChI is InChI=1S/C17H20FN3O2S/c1-10(23-2)16-20-13(9-24-16)8-19-17(22)21-15-6-3-11-7-12(18)4-5-14(11)15/h4-5,7,9-10,15H,3,6,8H2,1-2H3,(H2,19,21,22)/t10?,15-/m1/s1. The van der Waals surface area contributed by atoms with E-state index in [1.807, 2.05) is 12.3 Å². The average Bonchev–Trinajstić information content (AvgIpc) is 3.19. The third kappa shape index (κ3) is 3.73. The molecule has 2 N–H and O–H groups in total. The molecule has 0 saturated heterocycles. The van der Waals surface area contributed by atoms with Gasteiger partial charge in [0.15, 0.2) is 0 Å². The van der Waals surface area contributed by atoms with Crippen LogP contribution in [0.5, 0.6) is 0 Å². The molecule has 0 bridgehead atoms. The summed E-state index contributed by atoms with van der Waals surface area (Å²) < 4.78 is 18.5. The number of thiazole rings is 1. The van der Waals surface area contributed by atoms with Crippen molar-refractivity contribution in [2.24, 2.45) is 0 Å². The molecule has 1 aromatic carbocycles. The molecule has 1 aliphatic rings. The van der Waals surface area contributed by atoms with Gasteiger partial charge in [0.05, 0.1) is 18.3 Å². The Bertz CT molecular complexity index is 734. The summed E-state index contributed by atoms with van der Waals surface area (Å²) in [7, 11) is 1.64. The number of benzene rings is 1. The van der Waals surface area contributed by atoms with Crippen LogP contribution in [-0.2, 0) is 17.7 Å². The quantitative estimate of drug-likeness (QED) is 0.869. The molecular formula is C17H20FN3O2S. The smallest absolute Gasteiger partial charge is 0.315 e. The molecule has 1 aliphatic carbocycles. The first-order chi connectivity index (χ1) is 11.6. The van der Waals surface area contributed by atoms with Gasteiger partial charge >= 0.3 is 6.03 Å². The summed E-state index contributed by atoms with van der Waals surface area (Å²) in [5.41, 5.74) is 2.78. The van der Waals surface area contributed by atoms with Crippen LogP contribution in [0, 0.1) is 5.82 Å². The first-order valence-electron chi connectivity index (χ1n) is 7.86. The van der Waals surface area contributed by atoms with Gasteiger partial charge in [0, 0.05) is 12.5 Å². The monoisotopic (exact) mass is 349 g/mol. The molecule has 2 aromatic rings. The van der Waals surface area contributed by atoms with E-state index in [1.54, 1.807) is 19.2 Å². The van der Waals surface area contributed by atoms with Gasteiger partial charge in [-0.2, -0.15) is 0 Å². The second-order valence-corrected chi connectivity index (χ2v) is 6.71. The number of hydrogen-bond acceptors (Lipinski definition) is 4. The Morgan fingerprint density at radius 3 is 3.17 bits per heavy atom. The van der Waals surface area contributed by atoms with E-state index in [4.69, 9.17) is 4.74 Å².